The topological polar surface area (TPSA) is 76.4 Å². The monoisotopic (exact) mass is 538 g/mol. The highest BCUT2D eigenvalue weighted by molar-refractivity contribution is 14.0. The summed E-state index contributed by atoms with van der Waals surface area (Å²) in [6.07, 6.45) is -2.38. The Morgan fingerprint density at radius 1 is 1.27 bits per heavy atom. The summed E-state index contributed by atoms with van der Waals surface area (Å²) in [5.41, 5.74) is 1.40. The molecule has 11 heteroatoms. The van der Waals surface area contributed by atoms with Crippen LogP contribution in [-0.2, 0) is 26.1 Å². The average Bonchev–Trinajstić information content (AvgIpc) is 3.27. The lowest BCUT2D eigenvalue weighted by molar-refractivity contribution is -0.153. The van der Waals surface area contributed by atoms with Gasteiger partial charge in [0.25, 0.3) is 0 Å². The van der Waals surface area contributed by atoms with E-state index in [9.17, 15) is 13.2 Å². The molecule has 0 unspecified atom stereocenters. The highest BCUT2D eigenvalue weighted by atomic mass is 127. The van der Waals surface area contributed by atoms with Crippen molar-refractivity contribution >= 4 is 29.9 Å². The molecule has 30 heavy (non-hydrogen) atoms. The number of ether oxygens (including phenoxy) is 1. The van der Waals surface area contributed by atoms with Crippen LogP contribution in [0.3, 0.4) is 0 Å². The molecule has 0 fully saturated rings. The van der Waals surface area contributed by atoms with Crippen LogP contribution in [0.25, 0.3) is 0 Å². The van der Waals surface area contributed by atoms with Crippen molar-refractivity contribution in [2.45, 2.75) is 52.5 Å². The van der Waals surface area contributed by atoms with E-state index in [1.165, 1.54) is 0 Å². The maximum absolute atomic E-state index is 12.5. The molecule has 0 spiro atoms. The fraction of sp³-hybridized carbons (Fsp3) is 0.526. The lowest BCUT2D eigenvalue weighted by atomic mass is 10.1. The summed E-state index contributed by atoms with van der Waals surface area (Å²) in [6.45, 7) is 4.62. The molecule has 0 atom stereocenters. The van der Waals surface area contributed by atoms with Gasteiger partial charge in [0.1, 0.15) is 11.6 Å². The molecule has 1 aliphatic rings. The fourth-order valence-corrected chi connectivity index (χ4v) is 3.10. The highest BCUT2D eigenvalue weighted by Gasteiger charge is 2.28. The van der Waals surface area contributed by atoms with Crippen LogP contribution >= 0.6 is 24.0 Å². The maximum atomic E-state index is 12.5. The molecule has 0 bridgehead atoms. The number of rotatable bonds is 7. The first-order chi connectivity index (χ1) is 13.9. The minimum Gasteiger partial charge on any atom is -0.484 e. The van der Waals surface area contributed by atoms with Crippen LogP contribution in [0.1, 0.15) is 36.1 Å². The molecule has 1 aliphatic heterocycles. The summed E-state index contributed by atoms with van der Waals surface area (Å²) in [4.78, 5) is 4.49. The number of fused-ring (bicyclic) bond motifs is 1. The molecule has 166 valence electrons. The maximum Gasteiger partial charge on any atom is 0.422 e. The number of nitrogens with zero attached hydrogens (tertiary/aromatic N) is 4. The van der Waals surface area contributed by atoms with Gasteiger partial charge in [-0.3, -0.25) is 0 Å². The number of hydrogen-bond donors (Lipinski definition) is 2. The third kappa shape index (κ3) is 6.74. The third-order valence-electron chi connectivity index (χ3n) is 4.47. The number of alkyl halides is 3. The summed E-state index contributed by atoms with van der Waals surface area (Å²) in [5, 5.41) is 14.7. The Labute approximate surface area is 190 Å². The van der Waals surface area contributed by atoms with Gasteiger partial charge in [0.2, 0.25) is 0 Å². The van der Waals surface area contributed by atoms with Gasteiger partial charge in [-0.15, -0.1) is 34.2 Å². The Morgan fingerprint density at radius 3 is 2.80 bits per heavy atom. The van der Waals surface area contributed by atoms with Crippen molar-refractivity contribution in [2.24, 2.45) is 4.99 Å². The highest BCUT2D eigenvalue weighted by Crippen LogP contribution is 2.24. The lowest BCUT2D eigenvalue weighted by Crippen LogP contribution is -2.37. The summed E-state index contributed by atoms with van der Waals surface area (Å²) < 4.78 is 44.7. The van der Waals surface area contributed by atoms with Gasteiger partial charge >= 0.3 is 6.18 Å². The van der Waals surface area contributed by atoms with E-state index in [0.717, 1.165) is 36.6 Å². The summed E-state index contributed by atoms with van der Waals surface area (Å²) >= 11 is 0. The first-order valence-corrected chi connectivity index (χ1v) is 9.58. The van der Waals surface area contributed by atoms with Gasteiger partial charge in [0.15, 0.2) is 18.4 Å². The summed E-state index contributed by atoms with van der Waals surface area (Å²) in [6, 6.07) is 5.15. The molecule has 0 saturated heterocycles. The van der Waals surface area contributed by atoms with E-state index in [1.54, 1.807) is 19.1 Å². The van der Waals surface area contributed by atoms with Crippen molar-refractivity contribution in [3.63, 3.8) is 0 Å². The van der Waals surface area contributed by atoms with E-state index in [0.29, 0.717) is 24.6 Å². The van der Waals surface area contributed by atoms with E-state index in [1.807, 2.05) is 13.0 Å². The Bertz CT molecular complexity index is 868. The van der Waals surface area contributed by atoms with Crippen LogP contribution in [0.2, 0.25) is 0 Å². The van der Waals surface area contributed by atoms with Gasteiger partial charge in [0, 0.05) is 25.1 Å². The number of halogens is 4. The minimum absolute atomic E-state index is 0. The first kappa shape index (κ1) is 24.2. The molecule has 7 nitrogen and oxygen atoms in total. The molecule has 0 aliphatic carbocycles. The Hall–Kier alpha value is -2.05. The third-order valence-corrected chi connectivity index (χ3v) is 4.47. The number of aromatic nitrogens is 3. The molecule has 0 saturated carbocycles. The van der Waals surface area contributed by atoms with E-state index < -0.39 is 12.8 Å². The minimum atomic E-state index is -4.39. The van der Waals surface area contributed by atoms with Crippen LogP contribution in [0.5, 0.6) is 5.75 Å². The zero-order chi connectivity index (χ0) is 20.9. The second kappa shape index (κ2) is 10.8. The molecule has 2 N–H and O–H groups in total. The Balaban J connectivity index is 0.00000320. The molecule has 2 heterocycles. The van der Waals surface area contributed by atoms with Gasteiger partial charge in [-0.05, 0) is 31.9 Å². The normalized spacial score (nSPS) is 13.6. The van der Waals surface area contributed by atoms with Crippen LogP contribution in [0, 0.1) is 6.92 Å². The van der Waals surface area contributed by atoms with Gasteiger partial charge in [-0.25, -0.2) is 4.99 Å². The van der Waals surface area contributed by atoms with Crippen molar-refractivity contribution in [3.8, 4) is 5.75 Å². The Morgan fingerprint density at radius 2 is 2.07 bits per heavy atom. The van der Waals surface area contributed by atoms with Crippen LogP contribution < -0.4 is 15.4 Å². The lowest BCUT2D eigenvalue weighted by Gasteiger charge is -2.14. The predicted octanol–water partition coefficient (Wildman–Crippen LogP) is 3.35. The number of aryl methyl sites for hydroxylation is 2. The first-order valence-electron chi connectivity index (χ1n) is 9.58. The van der Waals surface area contributed by atoms with Crippen molar-refractivity contribution < 1.29 is 17.9 Å². The standard InChI is InChI=1S/C19H25F3N6O.HI/c1-3-23-18(25-11-17-27-26-16-5-4-8-28(16)17)24-10-14-7-6-13(2)9-15(14)29-12-19(20,21)22;/h6-7,9H,3-5,8,10-12H2,1-2H3,(H2,23,24,25);1H. The number of aliphatic imine (C=N–C) groups is 1. The van der Waals surface area contributed by atoms with Gasteiger partial charge in [0.05, 0.1) is 13.1 Å². The Kier molecular flexibility index (Phi) is 8.74. The van der Waals surface area contributed by atoms with Crippen molar-refractivity contribution in [3.05, 3.63) is 41.0 Å². The number of nitrogens with one attached hydrogen (secondary N) is 2. The van der Waals surface area contributed by atoms with Gasteiger partial charge in [-0.1, -0.05) is 12.1 Å². The van der Waals surface area contributed by atoms with E-state index >= 15 is 0 Å². The summed E-state index contributed by atoms with van der Waals surface area (Å²) in [5.74, 6) is 2.57. The predicted molar refractivity (Wildman–Crippen MR) is 118 cm³/mol. The quantitative estimate of drug-likeness (QED) is 0.322. The summed E-state index contributed by atoms with van der Waals surface area (Å²) in [7, 11) is 0. The van der Waals surface area contributed by atoms with Crippen LogP contribution in [-0.4, -0.2) is 40.1 Å². The van der Waals surface area contributed by atoms with E-state index in [2.05, 4.69) is 30.4 Å². The fourth-order valence-electron chi connectivity index (χ4n) is 3.10. The number of guanidine groups is 1. The van der Waals surface area contributed by atoms with Crippen molar-refractivity contribution in [1.29, 1.82) is 0 Å². The molecule has 3 rings (SSSR count). The molecular formula is C19H26F3IN6O. The van der Waals surface area contributed by atoms with Crippen LogP contribution in [0.4, 0.5) is 13.2 Å². The van der Waals surface area contributed by atoms with E-state index in [-0.39, 0.29) is 36.3 Å². The number of benzene rings is 1. The van der Waals surface area contributed by atoms with Gasteiger partial charge in [-0.2, -0.15) is 13.2 Å². The van der Waals surface area contributed by atoms with E-state index in [4.69, 9.17) is 4.74 Å². The number of hydrogen-bond acceptors (Lipinski definition) is 4. The zero-order valence-corrected chi connectivity index (χ0v) is 19.3. The second-order valence-electron chi connectivity index (χ2n) is 6.85. The van der Waals surface area contributed by atoms with Crippen molar-refractivity contribution in [2.75, 3.05) is 13.2 Å². The molecule has 0 radical (unpaired) electrons. The average molecular weight is 538 g/mol. The zero-order valence-electron chi connectivity index (χ0n) is 16.9. The molecule has 0 amide bonds. The molecular weight excluding hydrogens is 512 g/mol. The molecule has 1 aromatic carbocycles. The second-order valence-corrected chi connectivity index (χ2v) is 6.85. The smallest absolute Gasteiger partial charge is 0.422 e. The van der Waals surface area contributed by atoms with Gasteiger partial charge < -0.3 is 19.9 Å². The SMILES string of the molecule is CCNC(=NCc1ccc(C)cc1OCC(F)(F)F)NCc1nnc2n1CCC2.I. The van der Waals surface area contributed by atoms with Crippen LogP contribution in [0.15, 0.2) is 23.2 Å². The molecule has 2 aromatic rings. The largest absolute Gasteiger partial charge is 0.484 e. The van der Waals surface area contributed by atoms with Crippen molar-refractivity contribution in [1.82, 2.24) is 25.4 Å². The molecule has 1 aromatic heterocycles.